The van der Waals surface area contributed by atoms with Crippen molar-refractivity contribution in [2.24, 2.45) is 0 Å². The van der Waals surface area contributed by atoms with E-state index in [0.717, 1.165) is 37.9 Å². The van der Waals surface area contributed by atoms with Gasteiger partial charge in [0.1, 0.15) is 0 Å². The summed E-state index contributed by atoms with van der Waals surface area (Å²) in [7, 11) is 0. The van der Waals surface area contributed by atoms with Crippen molar-refractivity contribution in [3.05, 3.63) is 34.7 Å². The molecule has 0 saturated carbocycles. The Kier molecular flexibility index (Phi) is 6.42. The van der Waals surface area contributed by atoms with Gasteiger partial charge in [-0.3, -0.25) is 4.79 Å². The van der Waals surface area contributed by atoms with Crippen molar-refractivity contribution in [2.45, 2.75) is 19.9 Å². The lowest BCUT2D eigenvalue weighted by atomic mass is 10.4. The minimum atomic E-state index is 0.0813. The van der Waals surface area contributed by atoms with E-state index < -0.39 is 0 Å². The molecule has 1 aromatic heterocycles. The highest BCUT2D eigenvalue weighted by Gasteiger charge is 2.03. The van der Waals surface area contributed by atoms with Crippen LogP contribution in [0.15, 0.2) is 29.2 Å². The zero-order valence-corrected chi connectivity index (χ0v) is 11.3. The minimum absolute atomic E-state index is 0.0813. The molecule has 0 saturated heterocycles. The minimum Gasteiger partial charge on any atom is -0.314 e. The molecule has 0 aromatic carbocycles. The number of aromatic nitrogens is 1. The van der Waals surface area contributed by atoms with Crippen LogP contribution >= 0.6 is 15.9 Å². The third kappa shape index (κ3) is 4.49. The molecule has 0 atom stereocenters. The first kappa shape index (κ1) is 13.5. The average molecular weight is 287 g/mol. The van der Waals surface area contributed by atoms with Gasteiger partial charge in [-0.15, -0.1) is 0 Å². The van der Waals surface area contributed by atoms with Crippen molar-refractivity contribution in [1.82, 2.24) is 9.47 Å². The smallest absolute Gasteiger partial charge is 0.250 e. The number of hydrogen-bond donors (Lipinski definition) is 0. The van der Waals surface area contributed by atoms with Gasteiger partial charge >= 0.3 is 0 Å². The molecule has 0 amide bonds. The van der Waals surface area contributed by atoms with Crippen LogP contribution in [0.1, 0.15) is 13.3 Å². The fourth-order valence-corrected chi connectivity index (χ4v) is 2.17. The normalized spacial score (nSPS) is 10.9. The molecule has 0 unspecified atom stereocenters. The average Bonchev–Trinajstić information content (AvgIpc) is 2.28. The first-order valence-electron chi connectivity index (χ1n) is 5.71. The van der Waals surface area contributed by atoms with E-state index in [0.29, 0.717) is 0 Å². The van der Waals surface area contributed by atoms with Crippen molar-refractivity contribution in [2.75, 3.05) is 25.0 Å². The van der Waals surface area contributed by atoms with E-state index in [9.17, 15) is 4.79 Å². The molecule has 0 N–H and O–H groups in total. The van der Waals surface area contributed by atoms with E-state index in [2.05, 4.69) is 27.8 Å². The summed E-state index contributed by atoms with van der Waals surface area (Å²) >= 11 is 3.45. The summed E-state index contributed by atoms with van der Waals surface area (Å²) in [5.74, 6) is 0. The van der Waals surface area contributed by atoms with Gasteiger partial charge in [-0.05, 0) is 19.0 Å². The molecule has 1 aromatic rings. The monoisotopic (exact) mass is 286 g/mol. The van der Waals surface area contributed by atoms with Crippen LogP contribution in [0.5, 0.6) is 0 Å². The fourth-order valence-electron chi connectivity index (χ4n) is 1.67. The Bertz CT molecular complexity index is 345. The van der Waals surface area contributed by atoms with Gasteiger partial charge in [-0.25, -0.2) is 0 Å². The molecule has 0 aliphatic carbocycles. The van der Waals surface area contributed by atoms with Crippen molar-refractivity contribution in [3.63, 3.8) is 0 Å². The summed E-state index contributed by atoms with van der Waals surface area (Å²) in [6.45, 7) is 6.01. The molecule has 0 aliphatic rings. The van der Waals surface area contributed by atoms with Crippen LogP contribution in [-0.4, -0.2) is 34.4 Å². The molecule has 1 rings (SSSR count). The van der Waals surface area contributed by atoms with Crippen molar-refractivity contribution < 1.29 is 0 Å². The topological polar surface area (TPSA) is 25.2 Å². The maximum atomic E-state index is 11.5. The SMILES string of the molecule is CCCN(CCBr)CCn1ccccc1=O. The number of rotatable bonds is 7. The molecule has 1 heterocycles. The second kappa shape index (κ2) is 7.63. The highest BCUT2D eigenvalue weighted by atomic mass is 79.9. The lowest BCUT2D eigenvalue weighted by Crippen LogP contribution is -2.32. The predicted octanol–water partition coefficient (Wildman–Crippen LogP) is 1.96. The number of nitrogens with zero attached hydrogens (tertiary/aromatic N) is 2. The molecule has 0 radical (unpaired) electrons. The van der Waals surface area contributed by atoms with Gasteiger partial charge < -0.3 is 9.47 Å². The van der Waals surface area contributed by atoms with Crippen molar-refractivity contribution >= 4 is 15.9 Å². The summed E-state index contributed by atoms with van der Waals surface area (Å²) in [5, 5.41) is 0.983. The predicted molar refractivity (Wildman–Crippen MR) is 71.2 cm³/mol. The van der Waals surface area contributed by atoms with Gasteiger partial charge in [-0.1, -0.05) is 28.9 Å². The lowest BCUT2D eigenvalue weighted by Gasteiger charge is -2.20. The highest BCUT2D eigenvalue weighted by molar-refractivity contribution is 9.09. The van der Waals surface area contributed by atoms with Crippen LogP contribution in [-0.2, 0) is 6.54 Å². The van der Waals surface area contributed by atoms with E-state index in [4.69, 9.17) is 0 Å². The lowest BCUT2D eigenvalue weighted by molar-refractivity contribution is 0.278. The van der Waals surface area contributed by atoms with Gasteiger partial charge in [0.15, 0.2) is 0 Å². The van der Waals surface area contributed by atoms with E-state index in [1.54, 1.807) is 16.7 Å². The Morgan fingerprint density at radius 2 is 2.12 bits per heavy atom. The molecule has 0 bridgehead atoms. The molecule has 0 spiro atoms. The van der Waals surface area contributed by atoms with Crippen LogP contribution < -0.4 is 5.56 Å². The maximum Gasteiger partial charge on any atom is 0.250 e. The third-order valence-corrected chi connectivity index (χ3v) is 2.85. The first-order chi connectivity index (χ1) is 7.77. The summed E-state index contributed by atoms with van der Waals surface area (Å²) in [6.07, 6.45) is 3.00. The van der Waals surface area contributed by atoms with Gasteiger partial charge in [0.05, 0.1) is 0 Å². The number of alkyl halides is 1. The molecule has 4 heteroatoms. The van der Waals surface area contributed by atoms with E-state index >= 15 is 0 Å². The van der Waals surface area contributed by atoms with Gasteiger partial charge in [0.25, 0.3) is 5.56 Å². The molecule has 0 aliphatic heterocycles. The Balaban J connectivity index is 2.48. The van der Waals surface area contributed by atoms with Gasteiger partial charge in [0.2, 0.25) is 0 Å². The van der Waals surface area contributed by atoms with Crippen LogP contribution in [0.2, 0.25) is 0 Å². The quantitative estimate of drug-likeness (QED) is 0.716. The second-order valence-corrected chi connectivity index (χ2v) is 4.56. The summed E-state index contributed by atoms with van der Waals surface area (Å²) < 4.78 is 1.76. The van der Waals surface area contributed by atoms with Crippen molar-refractivity contribution in [3.8, 4) is 0 Å². The molecule has 3 nitrogen and oxygen atoms in total. The molecular weight excluding hydrogens is 268 g/mol. The third-order valence-electron chi connectivity index (χ3n) is 2.50. The van der Waals surface area contributed by atoms with E-state index in [-0.39, 0.29) is 5.56 Å². The van der Waals surface area contributed by atoms with Crippen LogP contribution in [0.4, 0.5) is 0 Å². The van der Waals surface area contributed by atoms with E-state index in [1.807, 2.05) is 12.3 Å². The Morgan fingerprint density at radius 3 is 2.75 bits per heavy atom. The Hall–Kier alpha value is -0.610. The highest BCUT2D eigenvalue weighted by Crippen LogP contribution is 1.95. The fraction of sp³-hybridized carbons (Fsp3) is 0.583. The van der Waals surface area contributed by atoms with Crippen LogP contribution in [0.3, 0.4) is 0 Å². The molecule has 0 fully saturated rings. The first-order valence-corrected chi connectivity index (χ1v) is 6.84. The molecular formula is C12H19BrN2O. The van der Waals surface area contributed by atoms with Crippen LogP contribution in [0.25, 0.3) is 0 Å². The largest absolute Gasteiger partial charge is 0.314 e. The summed E-state index contributed by atoms with van der Waals surface area (Å²) in [5.41, 5.74) is 0.0813. The number of hydrogen-bond acceptors (Lipinski definition) is 2. The number of halogens is 1. The van der Waals surface area contributed by atoms with Gasteiger partial charge in [0, 0.05) is 37.2 Å². The zero-order chi connectivity index (χ0) is 11.8. The maximum absolute atomic E-state index is 11.5. The Morgan fingerprint density at radius 1 is 1.31 bits per heavy atom. The second-order valence-electron chi connectivity index (χ2n) is 3.76. The zero-order valence-electron chi connectivity index (χ0n) is 9.73. The molecule has 90 valence electrons. The number of pyridine rings is 1. The van der Waals surface area contributed by atoms with Crippen LogP contribution in [0, 0.1) is 0 Å². The molecule has 16 heavy (non-hydrogen) atoms. The Labute approximate surface area is 105 Å². The van der Waals surface area contributed by atoms with Crippen molar-refractivity contribution in [1.29, 1.82) is 0 Å². The standard InChI is InChI=1S/C12H19BrN2O/c1-2-7-14(9-6-13)10-11-15-8-4-3-5-12(15)16/h3-5,8H,2,6-7,9-11H2,1H3. The van der Waals surface area contributed by atoms with E-state index in [1.165, 1.54) is 0 Å². The summed E-state index contributed by atoms with van der Waals surface area (Å²) in [6, 6.07) is 5.28. The van der Waals surface area contributed by atoms with Gasteiger partial charge in [-0.2, -0.15) is 0 Å². The summed E-state index contributed by atoms with van der Waals surface area (Å²) in [4.78, 5) is 13.9.